The highest BCUT2D eigenvalue weighted by molar-refractivity contribution is 6.31. The van der Waals surface area contributed by atoms with E-state index in [9.17, 15) is 4.79 Å². The zero-order chi connectivity index (χ0) is 10.1. The number of carbonyl (C=O) groups excluding carboxylic acids is 1. The molecule has 1 atom stereocenters. The molecule has 1 aliphatic heterocycles. The third-order valence-corrected chi connectivity index (χ3v) is 2.51. The minimum Gasteiger partial charge on any atom is -0.454 e. The van der Waals surface area contributed by atoms with Crippen molar-refractivity contribution >= 4 is 17.9 Å². The zero-order valence-electron chi connectivity index (χ0n) is 7.62. The molecule has 0 spiro atoms. The molecule has 1 unspecified atom stereocenters. The van der Waals surface area contributed by atoms with Gasteiger partial charge in [0.1, 0.15) is 6.29 Å². The van der Waals surface area contributed by atoms with E-state index < -0.39 is 0 Å². The maximum atomic E-state index is 10.6. The standard InChI is InChI=1S/C10H9ClO3/c1-6(4-12)7-2-9-10(3-8(7)11)14-5-13-9/h2-4,6H,5H2,1H3. The molecule has 1 aliphatic rings. The Morgan fingerprint density at radius 2 is 2.07 bits per heavy atom. The van der Waals surface area contributed by atoms with Crippen LogP contribution in [0.5, 0.6) is 11.5 Å². The number of fused-ring (bicyclic) bond motifs is 1. The van der Waals surface area contributed by atoms with Crippen LogP contribution in [0.1, 0.15) is 18.4 Å². The largest absolute Gasteiger partial charge is 0.454 e. The summed E-state index contributed by atoms with van der Waals surface area (Å²) in [4.78, 5) is 10.6. The zero-order valence-corrected chi connectivity index (χ0v) is 8.38. The highest BCUT2D eigenvalue weighted by Crippen LogP contribution is 2.38. The van der Waals surface area contributed by atoms with Gasteiger partial charge in [0.2, 0.25) is 6.79 Å². The van der Waals surface area contributed by atoms with E-state index in [-0.39, 0.29) is 12.7 Å². The van der Waals surface area contributed by atoms with Gasteiger partial charge < -0.3 is 14.3 Å². The molecule has 3 nitrogen and oxygen atoms in total. The molecule has 0 aliphatic carbocycles. The van der Waals surface area contributed by atoms with Gasteiger partial charge in [-0.2, -0.15) is 0 Å². The minimum absolute atomic E-state index is 0.213. The molecule has 0 N–H and O–H groups in total. The van der Waals surface area contributed by atoms with Gasteiger partial charge in [-0.05, 0) is 11.6 Å². The summed E-state index contributed by atoms with van der Waals surface area (Å²) in [5.41, 5.74) is 0.769. The molecular weight excluding hydrogens is 204 g/mol. The van der Waals surface area contributed by atoms with Crippen molar-refractivity contribution in [2.75, 3.05) is 6.79 Å². The number of carbonyl (C=O) groups is 1. The molecule has 4 heteroatoms. The monoisotopic (exact) mass is 212 g/mol. The Kier molecular flexibility index (Phi) is 2.33. The van der Waals surface area contributed by atoms with Crippen LogP contribution >= 0.6 is 11.6 Å². The lowest BCUT2D eigenvalue weighted by molar-refractivity contribution is -0.108. The number of hydrogen-bond acceptors (Lipinski definition) is 3. The van der Waals surface area contributed by atoms with Crippen LogP contribution in [0.15, 0.2) is 12.1 Å². The van der Waals surface area contributed by atoms with Crippen molar-refractivity contribution < 1.29 is 14.3 Å². The predicted molar refractivity (Wildman–Crippen MR) is 52.1 cm³/mol. The van der Waals surface area contributed by atoms with Gasteiger partial charge in [-0.15, -0.1) is 0 Å². The summed E-state index contributed by atoms with van der Waals surface area (Å²) in [6.45, 7) is 2.00. The lowest BCUT2D eigenvalue weighted by Gasteiger charge is -2.07. The second kappa shape index (κ2) is 3.50. The van der Waals surface area contributed by atoms with E-state index >= 15 is 0 Å². The normalized spacial score (nSPS) is 15.3. The quantitative estimate of drug-likeness (QED) is 0.706. The van der Waals surface area contributed by atoms with Crippen molar-refractivity contribution in [2.45, 2.75) is 12.8 Å². The van der Waals surface area contributed by atoms with E-state index in [2.05, 4.69) is 0 Å². The fourth-order valence-electron chi connectivity index (χ4n) is 1.36. The van der Waals surface area contributed by atoms with Crippen LogP contribution in [0.3, 0.4) is 0 Å². The van der Waals surface area contributed by atoms with E-state index in [1.54, 1.807) is 19.1 Å². The Bertz CT molecular complexity index is 376. The van der Waals surface area contributed by atoms with E-state index in [1.807, 2.05) is 0 Å². The highest BCUT2D eigenvalue weighted by atomic mass is 35.5. The van der Waals surface area contributed by atoms with Gasteiger partial charge in [0.15, 0.2) is 11.5 Å². The maximum Gasteiger partial charge on any atom is 0.231 e. The van der Waals surface area contributed by atoms with Crippen LogP contribution in [-0.2, 0) is 4.79 Å². The Labute approximate surface area is 86.6 Å². The first-order valence-corrected chi connectivity index (χ1v) is 4.64. The van der Waals surface area contributed by atoms with Crippen molar-refractivity contribution in [1.29, 1.82) is 0 Å². The second-order valence-corrected chi connectivity index (χ2v) is 3.56. The minimum atomic E-state index is -0.225. The third-order valence-electron chi connectivity index (χ3n) is 2.19. The molecule has 1 aromatic rings. The van der Waals surface area contributed by atoms with Crippen molar-refractivity contribution in [3.05, 3.63) is 22.7 Å². The molecule has 0 saturated heterocycles. The van der Waals surface area contributed by atoms with E-state index in [4.69, 9.17) is 21.1 Å². The molecule has 0 amide bonds. The van der Waals surface area contributed by atoms with Crippen LogP contribution < -0.4 is 9.47 Å². The molecule has 0 fully saturated rings. The summed E-state index contributed by atoms with van der Waals surface area (Å²) in [5.74, 6) is 1.06. The molecule has 0 aromatic heterocycles. The number of ether oxygens (including phenoxy) is 2. The summed E-state index contributed by atoms with van der Waals surface area (Å²) in [6.07, 6.45) is 0.851. The molecule has 1 aromatic carbocycles. The first kappa shape index (κ1) is 9.34. The fraction of sp³-hybridized carbons (Fsp3) is 0.300. The van der Waals surface area contributed by atoms with Crippen LogP contribution in [0.2, 0.25) is 5.02 Å². The fourth-order valence-corrected chi connectivity index (χ4v) is 1.68. The average molecular weight is 213 g/mol. The summed E-state index contributed by atoms with van der Waals surface area (Å²) in [7, 11) is 0. The van der Waals surface area contributed by atoms with Crippen LogP contribution in [0.4, 0.5) is 0 Å². The lowest BCUT2D eigenvalue weighted by atomic mass is 10.0. The van der Waals surface area contributed by atoms with Gasteiger partial charge in [-0.1, -0.05) is 18.5 Å². The van der Waals surface area contributed by atoms with E-state index in [0.29, 0.717) is 16.5 Å². The van der Waals surface area contributed by atoms with Gasteiger partial charge >= 0.3 is 0 Å². The summed E-state index contributed by atoms with van der Waals surface area (Å²) >= 11 is 5.99. The van der Waals surface area contributed by atoms with Crippen molar-refractivity contribution in [1.82, 2.24) is 0 Å². The van der Waals surface area contributed by atoms with Gasteiger partial charge in [-0.25, -0.2) is 0 Å². The van der Waals surface area contributed by atoms with Gasteiger partial charge in [-0.3, -0.25) is 0 Å². The molecule has 0 saturated carbocycles. The van der Waals surface area contributed by atoms with Gasteiger partial charge in [0.25, 0.3) is 0 Å². The lowest BCUT2D eigenvalue weighted by Crippen LogP contribution is -1.95. The molecule has 2 rings (SSSR count). The number of rotatable bonds is 2. The van der Waals surface area contributed by atoms with Crippen molar-refractivity contribution in [3.63, 3.8) is 0 Å². The van der Waals surface area contributed by atoms with Crippen molar-refractivity contribution in [2.24, 2.45) is 0 Å². The Balaban J connectivity index is 2.47. The molecule has 74 valence electrons. The van der Waals surface area contributed by atoms with Gasteiger partial charge in [0.05, 0.1) is 0 Å². The first-order valence-electron chi connectivity index (χ1n) is 4.26. The first-order chi connectivity index (χ1) is 6.72. The third kappa shape index (κ3) is 1.44. The van der Waals surface area contributed by atoms with E-state index in [0.717, 1.165) is 11.8 Å². The number of aldehydes is 1. The smallest absolute Gasteiger partial charge is 0.231 e. The van der Waals surface area contributed by atoms with Gasteiger partial charge in [0, 0.05) is 17.0 Å². The number of benzene rings is 1. The molecule has 0 bridgehead atoms. The Morgan fingerprint density at radius 1 is 1.43 bits per heavy atom. The molecule has 0 radical (unpaired) electrons. The Morgan fingerprint density at radius 3 is 2.71 bits per heavy atom. The summed E-state index contributed by atoms with van der Waals surface area (Å²) in [5, 5.41) is 0.536. The molecule has 1 heterocycles. The van der Waals surface area contributed by atoms with Crippen LogP contribution in [0.25, 0.3) is 0 Å². The van der Waals surface area contributed by atoms with Crippen LogP contribution in [0, 0.1) is 0 Å². The summed E-state index contributed by atoms with van der Waals surface area (Å²) < 4.78 is 10.3. The summed E-state index contributed by atoms with van der Waals surface area (Å²) in [6, 6.07) is 3.43. The van der Waals surface area contributed by atoms with Crippen molar-refractivity contribution in [3.8, 4) is 11.5 Å². The topological polar surface area (TPSA) is 35.5 Å². The SMILES string of the molecule is CC(C=O)c1cc2c(cc1Cl)OCO2. The molecule has 14 heavy (non-hydrogen) atoms. The predicted octanol–water partition coefficient (Wildman–Crippen LogP) is 2.37. The van der Waals surface area contributed by atoms with Crippen LogP contribution in [-0.4, -0.2) is 13.1 Å². The highest BCUT2D eigenvalue weighted by Gasteiger charge is 2.18. The van der Waals surface area contributed by atoms with E-state index in [1.165, 1.54) is 0 Å². The number of hydrogen-bond donors (Lipinski definition) is 0. The average Bonchev–Trinajstić information content (AvgIpc) is 2.62. The maximum absolute atomic E-state index is 10.6. The Hall–Kier alpha value is -1.22. The number of halogens is 1. The molecular formula is C10H9ClO3. The second-order valence-electron chi connectivity index (χ2n) is 3.15.